The number of hydrogen-bond acceptors (Lipinski definition) is 5. The summed E-state index contributed by atoms with van der Waals surface area (Å²) < 4.78 is 0. The number of hydrogen-bond donors (Lipinski definition) is 4. The topological polar surface area (TPSA) is 123 Å². The van der Waals surface area contributed by atoms with Gasteiger partial charge in [0.2, 0.25) is 0 Å². The van der Waals surface area contributed by atoms with E-state index in [0.29, 0.717) is 18.7 Å². The maximum Gasteiger partial charge on any atom is 0.288 e. The van der Waals surface area contributed by atoms with Crippen LogP contribution in [0.4, 0.5) is 0 Å². The summed E-state index contributed by atoms with van der Waals surface area (Å²) in [7, 11) is 0. The lowest BCUT2D eigenvalue weighted by atomic mass is 9.48. The molecule has 0 aliphatic heterocycles. The van der Waals surface area contributed by atoms with Crippen LogP contribution in [-0.4, -0.2) is 29.4 Å². The van der Waals surface area contributed by atoms with Crippen LogP contribution in [-0.2, 0) is 10.2 Å². The zero-order valence-corrected chi connectivity index (χ0v) is 25.5. The molecule has 0 unspecified atom stereocenters. The van der Waals surface area contributed by atoms with E-state index >= 15 is 0 Å². The molecular formula is C26H38Br3N5O2. The Balaban J connectivity index is 0.00000152. The van der Waals surface area contributed by atoms with E-state index in [-0.39, 0.29) is 56.4 Å². The van der Waals surface area contributed by atoms with Gasteiger partial charge in [-0.3, -0.25) is 20.4 Å². The van der Waals surface area contributed by atoms with Crippen LogP contribution in [0, 0.1) is 17.8 Å². The lowest BCUT2D eigenvalue weighted by molar-refractivity contribution is -0.123. The van der Waals surface area contributed by atoms with Gasteiger partial charge in [-0.15, -0.1) is 50.9 Å². The summed E-state index contributed by atoms with van der Waals surface area (Å²) in [6.07, 6.45) is 9.87. The van der Waals surface area contributed by atoms with Gasteiger partial charge in [-0.2, -0.15) is 0 Å². The Labute approximate surface area is 244 Å². The monoisotopic (exact) mass is 689 g/mol. The van der Waals surface area contributed by atoms with Crippen LogP contribution in [0.5, 0.6) is 0 Å². The van der Waals surface area contributed by atoms with E-state index in [1.54, 1.807) is 0 Å². The highest BCUT2D eigenvalue weighted by molar-refractivity contribution is 8.93. The Kier molecular flexibility index (Phi) is 11.4. The van der Waals surface area contributed by atoms with Gasteiger partial charge in [0.05, 0.1) is 11.6 Å². The van der Waals surface area contributed by atoms with Crippen molar-refractivity contribution >= 4 is 73.7 Å². The first kappa shape index (κ1) is 31.1. The van der Waals surface area contributed by atoms with Gasteiger partial charge in [0, 0.05) is 5.39 Å². The van der Waals surface area contributed by atoms with Gasteiger partial charge in [-0.25, -0.2) is 4.98 Å². The molecule has 4 aliphatic rings. The van der Waals surface area contributed by atoms with Gasteiger partial charge >= 0.3 is 0 Å². The molecule has 4 bridgehead atoms. The van der Waals surface area contributed by atoms with Gasteiger partial charge in [-0.05, 0) is 98.8 Å². The first-order valence-corrected chi connectivity index (χ1v) is 12.4. The number of halogens is 3. The highest BCUT2D eigenvalue weighted by Crippen LogP contribution is 2.61. The first-order chi connectivity index (χ1) is 16.0. The van der Waals surface area contributed by atoms with Crippen molar-refractivity contribution in [3.05, 3.63) is 41.6 Å². The van der Waals surface area contributed by atoms with Crippen LogP contribution in [0.1, 0.15) is 73.8 Å². The molecule has 0 saturated heterocycles. The summed E-state index contributed by atoms with van der Waals surface area (Å²) in [5, 5.41) is 1.15. The smallest absolute Gasteiger partial charge is 0.288 e. The molecule has 0 radical (unpaired) electrons. The number of hydrazine groups is 1. The number of rotatable bonds is 7. The van der Waals surface area contributed by atoms with Crippen LogP contribution in [0.15, 0.2) is 30.3 Å². The highest BCUT2D eigenvalue weighted by Gasteiger charge is 2.52. The minimum absolute atomic E-state index is 0. The van der Waals surface area contributed by atoms with Gasteiger partial charge < -0.3 is 11.5 Å². The average molecular weight is 692 g/mol. The molecule has 6 N–H and O–H groups in total. The van der Waals surface area contributed by atoms with E-state index < -0.39 is 17.9 Å². The number of carbonyl (C=O) groups is 2. The van der Waals surface area contributed by atoms with Gasteiger partial charge in [0.1, 0.15) is 5.69 Å². The van der Waals surface area contributed by atoms with Gasteiger partial charge in [0.25, 0.3) is 11.8 Å². The van der Waals surface area contributed by atoms with Crippen molar-refractivity contribution in [2.45, 2.75) is 69.2 Å². The van der Waals surface area contributed by atoms with Crippen LogP contribution in [0.3, 0.4) is 0 Å². The molecule has 4 aliphatic carbocycles. The SMILES string of the molecule is Br.Br.Br.NCCCC[C@H](N)C(=O)NNC(=O)c1cc(C23CC4CC(CC(C4)C2)C3)c2ccccc2n1. The van der Waals surface area contributed by atoms with E-state index in [1.165, 1.54) is 44.1 Å². The van der Waals surface area contributed by atoms with E-state index in [9.17, 15) is 9.59 Å². The Morgan fingerprint density at radius 2 is 1.58 bits per heavy atom. The van der Waals surface area contributed by atoms with Crippen LogP contribution < -0.4 is 22.3 Å². The second-order valence-corrected chi connectivity index (χ2v) is 10.6. The van der Waals surface area contributed by atoms with E-state index in [4.69, 9.17) is 11.5 Å². The molecule has 1 aromatic heterocycles. The number of unbranched alkanes of at least 4 members (excludes halogenated alkanes) is 1. The van der Waals surface area contributed by atoms with Crippen molar-refractivity contribution in [2.75, 3.05) is 6.54 Å². The minimum Gasteiger partial charge on any atom is -0.330 e. The molecule has 2 aromatic rings. The molecule has 36 heavy (non-hydrogen) atoms. The second kappa shape index (κ2) is 13.1. The van der Waals surface area contributed by atoms with Gasteiger partial charge in [-0.1, -0.05) is 24.6 Å². The fourth-order valence-corrected chi connectivity index (χ4v) is 7.09. The number of nitrogens with two attached hydrogens (primary N) is 2. The molecule has 1 aromatic carbocycles. The van der Waals surface area contributed by atoms with Crippen molar-refractivity contribution < 1.29 is 9.59 Å². The molecule has 6 rings (SSSR count). The van der Waals surface area contributed by atoms with Gasteiger partial charge in [0.15, 0.2) is 0 Å². The molecule has 7 nitrogen and oxygen atoms in total. The van der Waals surface area contributed by atoms with E-state index in [0.717, 1.165) is 41.5 Å². The third kappa shape index (κ3) is 6.31. The Hall–Kier alpha value is -1.07. The fourth-order valence-electron chi connectivity index (χ4n) is 7.09. The Bertz CT molecular complexity index is 1030. The predicted molar refractivity (Wildman–Crippen MR) is 159 cm³/mol. The van der Waals surface area contributed by atoms with Crippen LogP contribution in [0.25, 0.3) is 10.9 Å². The van der Waals surface area contributed by atoms with Crippen molar-refractivity contribution in [3.8, 4) is 0 Å². The van der Waals surface area contributed by atoms with E-state index in [1.807, 2.05) is 18.2 Å². The molecule has 4 fully saturated rings. The number of pyridine rings is 1. The van der Waals surface area contributed by atoms with Crippen molar-refractivity contribution in [2.24, 2.45) is 29.2 Å². The van der Waals surface area contributed by atoms with Crippen molar-refractivity contribution in [3.63, 3.8) is 0 Å². The average Bonchev–Trinajstić information content (AvgIpc) is 2.80. The molecule has 1 heterocycles. The minimum atomic E-state index is -0.677. The van der Waals surface area contributed by atoms with Crippen molar-refractivity contribution in [1.82, 2.24) is 15.8 Å². The summed E-state index contributed by atoms with van der Waals surface area (Å²) in [6, 6.07) is 9.44. The molecule has 1 atom stereocenters. The molecule has 0 spiro atoms. The number of fused-ring (bicyclic) bond motifs is 1. The molecule has 200 valence electrons. The third-order valence-corrected chi connectivity index (χ3v) is 8.16. The zero-order chi connectivity index (χ0) is 23.0. The van der Waals surface area contributed by atoms with Crippen LogP contribution in [0.2, 0.25) is 0 Å². The summed E-state index contributed by atoms with van der Waals surface area (Å²) in [4.78, 5) is 29.9. The maximum absolute atomic E-state index is 13.0. The summed E-state index contributed by atoms with van der Waals surface area (Å²) in [5.74, 6) is 1.61. The summed E-state index contributed by atoms with van der Waals surface area (Å²) in [6.45, 7) is 0.574. The number of carbonyl (C=O) groups excluding carboxylic acids is 2. The zero-order valence-electron chi connectivity index (χ0n) is 20.4. The third-order valence-electron chi connectivity index (χ3n) is 8.16. The maximum atomic E-state index is 13.0. The number of para-hydroxylation sites is 1. The number of benzene rings is 1. The number of nitrogens with zero attached hydrogens (tertiary/aromatic N) is 1. The fraction of sp³-hybridized carbons (Fsp3) is 0.577. The second-order valence-electron chi connectivity index (χ2n) is 10.6. The summed E-state index contributed by atoms with van der Waals surface area (Å²) >= 11 is 0. The molecular weight excluding hydrogens is 654 g/mol. The normalized spacial score (nSPS) is 26.2. The first-order valence-electron chi connectivity index (χ1n) is 12.4. The molecule has 2 amide bonds. The molecule has 4 saturated carbocycles. The standard InChI is InChI=1S/C26H35N5O2.3BrH/c27-8-4-3-6-21(28)24(32)30-31-25(33)23-12-20(19-5-1-2-7-22(19)29-23)26-13-16-9-17(14-26)11-18(10-16)15-26;;;/h1-2,5,7,12,16-18,21H,3-4,6,8-11,13-15,27-28H2,(H,30,32)(H,31,33);3*1H/t16?,17?,18?,21-,26?;;;/m0.../s1. The largest absolute Gasteiger partial charge is 0.330 e. The highest BCUT2D eigenvalue weighted by atomic mass is 79.9. The Morgan fingerprint density at radius 3 is 2.19 bits per heavy atom. The Morgan fingerprint density at radius 1 is 0.972 bits per heavy atom. The lowest BCUT2D eigenvalue weighted by Crippen LogP contribution is -2.50. The number of aromatic nitrogens is 1. The van der Waals surface area contributed by atoms with E-state index in [2.05, 4.69) is 28.0 Å². The van der Waals surface area contributed by atoms with Crippen molar-refractivity contribution in [1.29, 1.82) is 0 Å². The lowest BCUT2D eigenvalue weighted by Gasteiger charge is -2.57. The number of amides is 2. The quantitative estimate of drug-likeness (QED) is 0.249. The predicted octanol–water partition coefficient (Wildman–Crippen LogP) is 4.65. The molecule has 10 heteroatoms. The van der Waals surface area contributed by atoms with Crippen LogP contribution >= 0.6 is 50.9 Å². The number of nitrogens with one attached hydrogen (secondary N) is 2. The summed E-state index contributed by atoms with van der Waals surface area (Å²) in [5.41, 5.74) is 19.0.